The number of phenols is 1. The van der Waals surface area contributed by atoms with E-state index in [-0.39, 0.29) is 73.4 Å². The van der Waals surface area contributed by atoms with Gasteiger partial charge in [0, 0.05) is 48.5 Å². The molecule has 5 rings (SSSR count). The third-order valence-electron chi connectivity index (χ3n) is 14.8. The Morgan fingerprint density at radius 2 is 1.59 bits per heavy atom. The van der Waals surface area contributed by atoms with Crippen LogP contribution in [0.25, 0.3) is 0 Å². The summed E-state index contributed by atoms with van der Waals surface area (Å²) in [4.78, 5) is 16.7. The minimum absolute atomic E-state index is 0.0259. The highest BCUT2D eigenvalue weighted by atomic mass is 33.1. The van der Waals surface area contributed by atoms with Gasteiger partial charge in [-0.3, -0.25) is 41.6 Å². The summed E-state index contributed by atoms with van der Waals surface area (Å²) in [5, 5.41) is 137. The quantitative estimate of drug-likeness (QED) is 0.0493. The molecule has 24 heteroatoms. The maximum Gasteiger partial charge on any atom is 0.237 e. The average Bonchev–Trinajstić information content (AvgIpc) is 4.03. The maximum atomic E-state index is 14.8. The highest BCUT2D eigenvalue weighted by molar-refractivity contribution is 8.76. The molecule has 0 spiro atoms. The number of phenolic OH excluding ortho intramolecular Hbond substituents is 1. The zero-order valence-electron chi connectivity index (χ0n) is 44.1. The molecule has 1 amide bonds. The van der Waals surface area contributed by atoms with Gasteiger partial charge in [-0.15, -0.1) is 0 Å². The molecular weight excluding hydrogens is 1010 g/mol. The summed E-state index contributed by atoms with van der Waals surface area (Å²) in [5.41, 5.74) is 13.1. The number of benzene rings is 1. The minimum Gasteiger partial charge on any atom is -0.508 e. The smallest absolute Gasteiger partial charge is 0.237 e. The normalized spacial score (nSPS) is 32.9. The highest BCUT2D eigenvalue weighted by Crippen LogP contribution is 2.32. The monoisotopic (exact) mass is 1100 g/mol. The van der Waals surface area contributed by atoms with Crippen molar-refractivity contribution in [2.75, 3.05) is 24.6 Å². The van der Waals surface area contributed by atoms with E-state index in [9.17, 15) is 55.9 Å². The van der Waals surface area contributed by atoms with Crippen LogP contribution in [0.2, 0.25) is 0 Å². The summed E-state index contributed by atoms with van der Waals surface area (Å²) < 4.78 is 0. The Morgan fingerprint density at radius 1 is 0.880 bits per heavy atom. The number of nitrogens with one attached hydrogen (secondary N) is 8. The van der Waals surface area contributed by atoms with Crippen molar-refractivity contribution in [3.05, 3.63) is 65.9 Å². The molecule has 3 unspecified atom stereocenters. The molecule has 1 aromatic carbocycles. The van der Waals surface area contributed by atoms with Gasteiger partial charge in [-0.25, -0.2) is 0 Å². The largest absolute Gasteiger partial charge is 0.508 e. The SMILES string of the molecule is CCC(C)[C@H](NC(=O)[C@H](CC1=CNC2C=CC=CC12)N[C@H](O)[C@@H]1CSSC[C@H](C)[C@@H](O)N2CCC[C@H]2[C@H](O)N[C@@H](Cc2ccc(O)cc2)[C@@H](O)NC[C@@H](O)N[C@@H](CC(C)C)[C@H](O)N1)[C@@H](O)N[C@@H](CC[C@H](N)O)[C@@H](N)O. The zero-order valence-corrected chi connectivity index (χ0v) is 45.7. The van der Waals surface area contributed by atoms with E-state index in [4.69, 9.17) is 11.5 Å². The number of aromatic hydroxyl groups is 1. The second-order valence-corrected chi connectivity index (χ2v) is 23.9. The van der Waals surface area contributed by atoms with Crippen LogP contribution in [0.3, 0.4) is 0 Å². The van der Waals surface area contributed by atoms with Crippen molar-refractivity contribution in [2.24, 2.45) is 35.1 Å². The van der Waals surface area contributed by atoms with Crippen LogP contribution in [0, 0.1) is 23.7 Å². The van der Waals surface area contributed by atoms with E-state index in [0.717, 1.165) is 17.6 Å². The van der Waals surface area contributed by atoms with Gasteiger partial charge in [0.2, 0.25) is 5.91 Å². The lowest BCUT2D eigenvalue weighted by Gasteiger charge is -2.38. The number of fused-ring (bicyclic) bond motifs is 2. The third kappa shape index (κ3) is 19.7. The number of aliphatic hydroxyl groups excluding tert-OH is 9. The number of carbonyl (C=O) groups excluding carboxylic acids is 1. The Kier molecular flexibility index (Phi) is 26.4. The Balaban J connectivity index is 1.42. The molecule has 0 radical (unpaired) electrons. The van der Waals surface area contributed by atoms with Crippen molar-refractivity contribution in [3.8, 4) is 5.75 Å². The number of nitrogens with two attached hydrogens (primary N) is 2. The number of nitrogens with zero attached hydrogens (tertiary/aromatic N) is 1. The van der Waals surface area contributed by atoms with E-state index >= 15 is 0 Å². The van der Waals surface area contributed by atoms with Crippen molar-refractivity contribution in [3.63, 3.8) is 0 Å². The van der Waals surface area contributed by atoms with Crippen LogP contribution in [-0.2, 0) is 11.2 Å². The Morgan fingerprint density at radius 3 is 2.27 bits per heavy atom. The lowest BCUT2D eigenvalue weighted by atomic mass is 9.87. The van der Waals surface area contributed by atoms with Gasteiger partial charge < -0.3 is 73.2 Å². The van der Waals surface area contributed by atoms with Crippen molar-refractivity contribution in [1.82, 2.24) is 47.4 Å². The molecule has 22 N–H and O–H groups in total. The Labute approximate surface area is 450 Å². The number of carbonyl (C=O) groups is 1. The van der Waals surface area contributed by atoms with Gasteiger partial charge in [0.1, 0.15) is 61.8 Å². The maximum absolute atomic E-state index is 14.8. The summed E-state index contributed by atoms with van der Waals surface area (Å²) in [6.07, 6.45) is 1.12. The average molecular weight is 1100 g/mol. The van der Waals surface area contributed by atoms with Gasteiger partial charge in [0.05, 0.1) is 36.3 Å². The first-order valence-corrected chi connectivity index (χ1v) is 29.2. The van der Waals surface area contributed by atoms with Crippen molar-refractivity contribution >= 4 is 27.5 Å². The van der Waals surface area contributed by atoms with E-state index in [1.807, 2.05) is 70.0 Å². The summed E-state index contributed by atoms with van der Waals surface area (Å²) in [5.74, 6) is -0.438. The summed E-state index contributed by atoms with van der Waals surface area (Å²) in [6.45, 7) is 9.97. The first-order valence-electron chi connectivity index (χ1n) is 26.7. The van der Waals surface area contributed by atoms with Crippen molar-refractivity contribution in [1.29, 1.82) is 0 Å². The van der Waals surface area contributed by atoms with E-state index in [0.29, 0.717) is 31.6 Å². The van der Waals surface area contributed by atoms with Gasteiger partial charge >= 0.3 is 0 Å². The predicted octanol–water partition coefficient (Wildman–Crippen LogP) is -2.06. The van der Waals surface area contributed by atoms with Gasteiger partial charge in [-0.2, -0.15) is 0 Å². The number of amides is 1. The Hall–Kier alpha value is -2.51. The van der Waals surface area contributed by atoms with E-state index in [1.165, 1.54) is 33.7 Å². The molecule has 4 aliphatic rings. The molecule has 3 heterocycles. The first kappa shape index (κ1) is 63.3. The van der Waals surface area contributed by atoms with Crippen LogP contribution < -0.4 is 54.0 Å². The number of rotatable bonds is 20. The van der Waals surface area contributed by atoms with Crippen molar-refractivity contribution in [2.45, 2.75) is 190 Å². The molecule has 0 aromatic heterocycles. The second-order valence-electron chi connectivity index (χ2n) is 21.3. The fraction of sp³-hybridized carbons (Fsp3) is 0.745. The number of aliphatic hydroxyl groups is 9. The third-order valence-corrected chi connectivity index (χ3v) is 17.4. The van der Waals surface area contributed by atoms with Crippen LogP contribution in [0.5, 0.6) is 5.75 Å². The molecule has 2 saturated heterocycles. The summed E-state index contributed by atoms with van der Waals surface area (Å²) in [6, 6.07) is 0.610. The van der Waals surface area contributed by atoms with Crippen LogP contribution in [0.1, 0.15) is 85.1 Å². The first-order chi connectivity index (χ1) is 35.6. The molecule has 1 aliphatic carbocycles. The van der Waals surface area contributed by atoms with Crippen LogP contribution in [0.4, 0.5) is 0 Å². The minimum atomic E-state index is -1.48. The van der Waals surface area contributed by atoms with Gasteiger partial charge in [0.15, 0.2) is 0 Å². The molecular formula is C51H91N11O11S2. The van der Waals surface area contributed by atoms with Crippen LogP contribution in [0.15, 0.2) is 60.3 Å². The lowest BCUT2D eigenvalue weighted by molar-refractivity contribution is -0.127. The summed E-state index contributed by atoms with van der Waals surface area (Å²) in [7, 11) is 2.87. The van der Waals surface area contributed by atoms with E-state index in [2.05, 4.69) is 42.5 Å². The molecule has 3 aliphatic heterocycles. The van der Waals surface area contributed by atoms with E-state index in [1.54, 1.807) is 12.1 Å². The molecule has 75 heavy (non-hydrogen) atoms. The number of hydrogen-bond acceptors (Lipinski definition) is 23. The molecule has 428 valence electrons. The molecule has 2 fully saturated rings. The Bertz CT molecular complexity index is 1930. The van der Waals surface area contributed by atoms with Crippen LogP contribution >= 0.6 is 21.6 Å². The van der Waals surface area contributed by atoms with Crippen molar-refractivity contribution < 1.29 is 55.9 Å². The van der Waals surface area contributed by atoms with Crippen LogP contribution in [-0.4, -0.2) is 191 Å². The molecule has 0 bridgehead atoms. The standard InChI is InChI=1S/C51H91N11O11S2/c1-6-28(4)43(50(72)57-35(44(53)66)17-18-41(52)64)61-47(69)38(22-31-23-54-34-11-8-7-10-33(31)34)58-48(70)39-26-75-74-25-29(5)51(73)62-19-9-12-40(62)49(71)59-37(21-30-13-15-32(63)16-14-30)45(67)55-24-42(65)56-36(20-27(2)3)46(68)60-39/h7-8,10-11,13-16,23,27-29,33-46,48-51,54-60,63-68,70-73H,6,9,12,17-22,24-26,52-53H2,1-5H3,(H,61,69)/t28?,29-,33?,34?,35-,36-,37-,38-,39-,40-,41+,42+,43-,44-,45+,46-,48+,49-,50+,51+/m0/s1. The zero-order chi connectivity index (χ0) is 54.9. The molecule has 1 aromatic rings. The fourth-order valence-electron chi connectivity index (χ4n) is 10.2. The molecule has 20 atom stereocenters. The molecule has 22 nitrogen and oxygen atoms in total. The number of allylic oxidation sites excluding steroid dienone is 2. The molecule has 0 saturated carbocycles. The summed E-state index contributed by atoms with van der Waals surface area (Å²) >= 11 is 0. The fourth-order valence-corrected chi connectivity index (χ4v) is 12.8. The van der Waals surface area contributed by atoms with Gasteiger partial charge in [0.25, 0.3) is 0 Å². The lowest BCUT2D eigenvalue weighted by Crippen LogP contribution is -2.64. The predicted molar refractivity (Wildman–Crippen MR) is 292 cm³/mol. The van der Waals surface area contributed by atoms with Gasteiger partial charge in [-0.05, 0) is 86.3 Å². The van der Waals surface area contributed by atoms with Gasteiger partial charge in [-0.1, -0.05) is 99.1 Å². The second kappa shape index (κ2) is 31.3. The topological polar surface area (TPSA) is 371 Å². The van der Waals surface area contributed by atoms with E-state index < -0.39 is 104 Å². The number of hydrogen-bond donors (Lipinski definition) is 20. The highest BCUT2D eigenvalue weighted by Gasteiger charge is 2.40. The number of β-amino-alcohol motifs (C(OH)–C–C–N with tert-alkyl or cyclic N) is 1.